The van der Waals surface area contributed by atoms with Crippen molar-refractivity contribution in [3.8, 4) is 5.75 Å². The second-order valence-electron chi connectivity index (χ2n) is 9.52. The van der Waals surface area contributed by atoms with Crippen LogP contribution in [0.3, 0.4) is 0 Å². The summed E-state index contributed by atoms with van der Waals surface area (Å²) < 4.78 is 33.1. The highest BCUT2D eigenvalue weighted by molar-refractivity contribution is 7.88. The maximum Gasteiger partial charge on any atom is 0.223 e. The molecule has 0 radical (unpaired) electrons. The van der Waals surface area contributed by atoms with Crippen molar-refractivity contribution in [1.29, 1.82) is 0 Å². The minimum absolute atomic E-state index is 0.0364. The molecule has 0 aromatic heterocycles. The van der Waals surface area contributed by atoms with Crippen molar-refractivity contribution in [3.63, 3.8) is 0 Å². The highest BCUT2D eigenvalue weighted by Gasteiger charge is 2.32. The molecule has 1 fully saturated rings. The van der Waals surface area contributed by atoms with Crippen LogP contribution in [0, 0.1) is 5.92 Å². The molecule has 6 nitrogen and oxygen atoms in total. The number of nitrogens with zero attached hydrogens (tertiary/aromatic N) is 1. The number of carbonyl (C=O) groups excluding carboxylic acids is 1. The van der Waals surface area contributed by atoms with E-state index < -0.39 is 10.0 Å². The van der Waals surface area contributed by atoms with E-state index in [1.807, 2.05) is 18.2 Å². The number of hydrogen-bond donors (Lipinski definition) is 1. The Morgan fingerprint density at radius 3 is 2.29 bits per heavy atom. The number of amides is 1. The Hall–Kier alpha value is -1.80. The molecule has 0 spiro atoms. The van der Waals surface area contributed by atoms with Crippen molar-refractivity contribution in [2.45, 2.75) is 44.8 Å². The zero-order chi connectivity index (χ0) is 24.9. The van der Waals surface area contributed by atoms with Crippen LogP contribution in [0.25, 0.3) is 0 Å². The molecule has 3 rings (SSSR count). The maximum atomic E-state index is 12.9. The van der Waals surface area contributed by atoms with Gasteiger partial charge in [0.1, 0.15) is 12.4 Å². The van der Waals surface area contributed by atoms with E-state index in [0.717, 1.165) is 11.3 Å². The third-order valence-electron chi connectivity index (χ3n) is 5.96. The van der Waals surface area contributed by atoms with Crippen LogP contribution in [-0.2, 0) is 26.0 Å². The summed E-state index contributed by atoms with van der Waals surface area (Å²) in [6, 6.07) is 12.8. The van der Waals surface area contributed by atoms with E-state index in [-0.39, 0.29) is 36.1 Å². The van der Waals surface area contributed by atoms with Crippen molar-refractivity contribution in [1.82, 2.24) is 9.62 Å². The normalized spacial score (nSPS) is 15.8. The summed E-state index contributed by atoms with van der Waals surface area (Å²) in [7, 11) is -3.59. The third-order valence-corrected chi connectivity index (χ3v) is 8.47. The van der Waals surface area contributed by atoms with Crippen LogP contribution in [0.15, 0.2) is 42.5 Å². The summed E-state index contributed by atoms with van der Waals surface area (Å²) in [5.41, 5.74) is 1.48. The van der Waals surface area contributed by atoms with Crippen molar-refractivity contribution in [3.05, 3.63) is 63.6 Å². The average molecular weight is 528 g/mol. The lowest BCUT2D eigenvalue weighted by Crippen LogP contribution is -2.44. The van der Waals surface area contributed by atoms with Gasteiger partial charge < -0.3 is 10.1 Å². The highest BCUT2D eigenvalue weighted by Crippen LogP contribution is 2.31. The Morgan fingerprint density at radius 2 is 1.68 bits per heavy atom. The summed E-state index contributed by atoms with van der Waals surface area (Å²) in [5.74, 6) is 0.271. The molecule has 1 saturated heterocycles. The van der Waals surface area contributed by atoms with E-state index in [1.165, 1.54) is 4.31 Å². The first kappa shape index (κ1) is 26.8. The summed E-state index contributed by atoms with van der Waals surface area (Å²) in [6.45, 7) is 7.73. The smallest absolute Gasteiger partial charge is 0.223 e. The first-order chi connectivity index (χ1) is 16.0. The number of para-hydroxylation sites is 1. The SMILES string of the molecule is CC(C)(C)c1ccccc1OCCNC(=O)C1CCN(S(=O)(=O)Cc2c(Cl)cccc2Cl)CC1. The van der Waals surface area contributed by atoms with Gasteiger partial charge in [-0.05, 0) is 42.0 Å². The van der Waals surface area contributed by atoms with E-state index in [1.54, 1.807) is 18.2 Å². The number of piperidine rings is 1. The fraction of sp³-hybridized carbons (Fsp3) is 0.480. The Labute approximate surface area is 212 Å². The predicted molar refractivity (Wildman–Crippen MR) is 137 cm³/mol. The van der Waals surface area contributed by atoms with Crippen molar-refractivity contribution in [2.75, 3.05) is 26.2 Å². The zero-order valence-electron chi connectivity index (χ0n) is 19.8. The Balaban J connectivity index is 1.46. The summed E-state index contributed by atoms with van der Waals surface area (Å²) in [5, 5.41) is 3.58. The van der Waals surface area contributed by atoms with Crippen LogP contribution < -0.4 is 10.1 Å². The number of hydrogen-bond acceptors (Lipinski definition) is 4. The van der Waals surface area contributed by atoms with Gasteiger partial charge in [0, 0.05) is 34.6 Å². The Morgan fingerprint density at radius 1 is 1.06 bits per heavy atom. The molecule has 34 heavy (non-hydrogen) atoms. The van der Waals surface area contributed by atoms with Gasteiger partial charge in [-0.1, -0.05) is 68.2 Å². The van der Waals surface area contributed by atoms with Crippen LogP contribution >= 0.6 is 23.2 Å². The van der Waals surface area contributed by atoms with E-state index >= 15 is 0 Å². The molecule has 2 aromatic carbocycles. The number of carbonyl (C=O) groups is 1. The summed E-state index contributed by atoms with van der Waals surface area (Å²) >= 11 is 12.3. The Bertz CT molecular complexity index is 1090. The van der Waals surface area contributed by atoms with Crippen LogP contribution in [-0.4, -0.2) is 44.9 Å². The third kappa shape index (κ3) is 6.87. The number of ether oxygens (including phenoxy) is 1. The minimum atomic E-state index is -3.59. The first-order valence-corrected chi connectivity index (χ1v) is 13.8. The van der Waals surface area contributed by atoms with Gasteiger partial charge in [-0.3, -0.25) is 4.79 Å². The molecule has 1 amide bonds. The maximum absolute atomic E-state index is 12.9. The largest absolute Gasteiger partial charge is 0.491 e. The minimum Gasteiger partial charge on any atom is -0.491 e. The fourth-order valence-corrected chi connectivity index (χ4v) is 6.35. The van der Waals surface area contributed by atoms with Gasteiger partial charge in [0.25, 0.3) is 0 Å². The molecule has 1 aliphatic rings. The van der Waals surface area contributed by atoms with E-state index in [0.29, 0.717) is 41.6 Å². The van der Waals surface area contributed by atoms with E-state index in [2.05, 4.69) is 32.2 Å². The molecule has 0 unspecified atom stereocenters. The fourth-order valence-electron chi connectivity index (χ4n) is 4.03. The van der Waals surface area contributed by atoms with Crippen LogP contribution in [0.4, 0.5) is 0 Å². The number of halogens is 2. The van der Waals surface area contributed by atoms with Crippen molar-refractivity contribution in [2.24, 2.45) is 5.92 Å². The van der Waals surface area contributed by atoms with Crippen molar-refractivity contribution < 1.29 is 17.9 Å². The molecular formula is C25H32Cl2N2O4S. The molecule has 1 heterocycles. The zero-order valence-corrected chi connectivity index (χ0v) is 22.1. The van der Waals surface area contributed by atoms with Crippen molar-refractivity contribution >= 4 is 39.1 Å². The van der Waals surface area contributed by atoms with Gasteiger partial charge in [-0.2, -0.15) is 0 Å². The lowest BCUT2D eigenvalue weighted by atomic mass is 9.86. The average Bonchev–Trinajstić information content (AvgIpc) is 2.79. The molecular weight excluding hydrogens is 495 g/mol. The highest BCUT2D eigenvalue weighted by atomic mass is 35.5. The van der Waals surface area contributed by atoms with Gasteiger partial charge in [0.15, 0.2) is 0 Å². The van der Waals surface area contributed by atoms with E-state index in [4.69, 9.17) is 27.9 Å². The lowest BCUT2D eigenvalue weighted by Gasteiger charge is -2.30. The Kier molecular flexibility index (Phi) is 8.90. The first-order valence-electron chi connectivity index (χ1n) is 11.4. The summed E-state index contributed by atoms with van der Waals surface area (Å²) in [6.07, 6.45) is 0.935. The molecule has 2 aromatic rings. The molecule has 1 N–H and O–H groups in total. The standard InChI is InChI=1S/C25H32Cl2N2O4S/c1-25(2,3)20-7-4-5-10-23(20)33-16-13-28-24(30)18-11-14-29(15-12-18)34(31,32)17-19-21(26)8-6-9-22(19)27/h4-10,18H,11-17H2,1-3H3,(H,28,30). The molecule has 0 bridgehead atoms. The number of sulfonamides is 1. The van der Waals surface area contributed by atoms with Crippen LogP contribution in [0.1, 0.15) is 44.7 Å². The second-order valence-corrected chi connectivity index (χ2v) is 12.3. The van der Waals surface area contributed by atoms with Crippen LogP contribution in [0.2, 0.25) is 10.0 Å². The van der Waals surface area contributed by atoms with Gasteiger partial charge >= 0.3 is 0 Å². The quantitative estimate of drug-likeness (QED) is 0.489. The molecule has 0 saturated carbocycles. The number of rotatable bonds is 8. The number of benzene rings is 2. The summed E-state index contributed by atoms with van der Waals surface area (Å²) in [4.78, 5) is 12.6. The predicted octanol–water partition coefficient (Wildman–Crippen LogP) is 5.03. The van der Waals surface area contributed by atoms with E-state index in [9.17, 15) is 13.2 Å². The molecule has 1 aliphatic heterocycles. The monoisotopic (exact) mass is 526 g/mol. The van der Waals surface area contributed by atoms with Crippen LogP contribution in [0.5, 0.6) is 5.75 Å². The second kappa shape index (κ2) is 11.3. The number of nitrogens with one attached hydrogen (secondary N) is 1. The molecule has 0 atom stereocenters. The topological polar surface area (TPSA) is 75.7 Å². The van der Waals surface area contributed by atoms with Gasteiger partial charge in [-0.15, -0.1) is 0 Å². The van der Waals surface area contributed by atoms with Gasteiger partial charge in [0.2, 0.25) is 15.9 Å². The van der Waals surface area contributed by atoms with Gasteiger partial charge in [-0.25, -0.2) is 12.7 Å². The lowest BCUT2D eigenvalue weighted by molar-refractivity contribution is -0.126. The molecule has 0 aliphatic carbocycles. The van der Waals surface area contributed by atoms with Gasteiger partial charge in [0.05, 0.1) is 12.3 Å². The molecule has 186 valence electrons. The molecule has 9 heteroatoms.